The number of aromatic hydroxyl groups is 1. The van der Waals surface area contributed by atoms with E-state index in [4.69, 9.17) is 20.9 Å². The van der Waals surface area contributed by atoms with Gasteiger partial charge in [0.1, 0.15) is 11.5 Å². The van der Waals surface area contributed by atoms with E-state index in [0.717, 1.165) is 0 Å². The predicted molar refractivity (Wildman–Crippen MR) is 77.2 cm³/mol. The second kappa shape index (κ2) is 5.85. The molecule has 2 aromatic carbocycles. The maximum atomic E-state index is 9.43. The maximum Gasteiger partial charge on any atom is 0.258 e. The fourth-order valence-electron chi connectivity index (χ4n) is 1.75. The van der Waals surface area contributed by atoms with Gasteiger partial charge in [-0.3, -0.25) is 0 Å². The summed E-state index contributed by atoms with van der Waals surface area (Å²) in [6, 6.07) is 13.6. The highest BCUT2D eigenvalue weighted by Gasteiger charge is 2.09. The fraction of sp³-hybridized carbons (Fsp3) is 0.0667. The van der Waals surface area contributed by atoms with Crippen molar-refractivity contribution in [3.8, 4) is 23.0 Å². The number of rotatable bonds is 4. The second-order valence-corrected chi connectivity index (χ2v) is 4.75. The minimum atomic E-state index is 0.143. The number of phenols is 1. The van der Waals surface area contributed by atoms with Crippen LogP contribution in [0.3, 0.4) is 0 Å². The van der Waals surface area contributed by atoms with Crippen LogP contribution < -0.4 is 4.74 Å². The van der Waals surface area contributed by atoms with Crippen molar-refractivity contribution >= 4 is 11.6 Å². The molecule has 0 radical (unpaired) electrons. The number of ether oxygens (including phenoxy) is 1. The van der Waals surface area contributed by atoms with Gasteiger partial charge in [-0.15, -0.1) is 0 Å². The zero-order valence-corrected chi connectivity index (χ0v) is 11.6. The molecule has 1 aromatic heterocycles. The molecule has 5 nitrogen and oxygen atoms in total. The molecule has 1 heterocycles. The van der Waals surface area contributed by atoms with E-state index in [-0.39, 0.29) is 12.4 Å². The Bertz CT molecular complexity index is 741. The van der Waals surface area contributed by atoms with Gasteiger partial charge in [0, 0.05) is 10.6 Å². The zero-order valence-electron chi connectivity index (χ0n) is 10.9. The summed E-state index contributed by atoms with van der Waals surface area (Å²) in [7, 11) is 0. The van der Waals surface area contributed by atoms with Gasteiger partial charge in [0.05, 0.1) is 0 Å². The van der Waals surface area contributed by atoms with Gasteiger partial charge in [-0.25, -0.2) is 0 Å². The van der Waals surface area contributed by atoms with E-state index in [1.807, 2.05) is 0 Å². The molecule has 0 fully saturated rings. The third-order valence-corrected chi connectivity index (χ3v) is 2.99. The fourth-order valence-corrected chi connectivity index (χ4v) is 1.87. The van der Waals surface area contributed by atoms with Gasteiger partial charge in [-0.1, -0.05) is 22.8 Å². The van der Waals surface area contributed by atoms with Crippen LogP contribution in [0.4, 0.5) is 0 Å². The summed E-state index contributed by atoms with van der Waals surface area (Å²) in [5.41, 5.74) is 0.653. The van der Waals surface area contributed by atoms with Crippen molar-refractivity contribution in [1.82, 2.24) is 10.1 Å². The number of aromatic nitrogens is 2. The summed E-state index contributed by atoms with van der Waals surface area (Å²) in [5.74, 6) is 1.57. The molecule has 0 aliphatic heterocycles. The lowest BCUT2D eigenvalue weighted by Crippen LogP contribution is -1.97. The van der Waals surface area contributed by atoms with Gasteiger partial charge in [0.25, 0.3) is 5.89 Å². The average molecular weight is 303 g/mol. The lowest BCUT2D eigenvalue weighted by Gasteiger charge is -2.02. The van der Waals surface area contributed by atoms with E-state index in [2.05, 4.69) is 10.1 Å². The summed E-state index contributed by atoms with van der Waals surface area (Å²) in [4.78, 5) is 4.21. The third-order valence-electron chi connectivity index (χ3n) is 2.74. The van der Waals surface area contributed by atoms with E-state index < -0.39 is 0 Å². The average Bonchev–Trinajstić information content (AvgIpc) is 2.96. The van der Waals surface area contributed by atoms with Crippen molar-refractivity contribution in [3.63, 3.8) is 0 Å². The summed E-state index contributed by atoms with van der Waals surface area (Å²) in [6.07, 6.45) is 0. The molecule has 3 aromatic rings. The highest BCUT2D eigenvalue weighted by atomic mass is 35.5. The SMILES string of the molecule is Oc1cccc(-c2nc(COc3ccc(Cl)cc3)no2)c1. The topological polar surface area (TPSA) is 68.4 Å². The summed E-state index contributed by atoms with van der Waals surface area (Å²) >= 11 is 5.80. The van der Waals surface area contributed by atoms with Crippen molar-refractivity contribution in [1.29, 1.82) is 0 Å². The molecule has 21 heavy (non-hydrogen) atoms. The number of hydrogen-bond acceptors (Lipinski definition) is 5. The highest BCUT2D eigenvalue weighted by molar-refractivity contribution is 6.30. The molecule has 0 saturated heterocycles. The lowest BCUT2D eigenvalue weighted by molar-refractivity contribution is 0.287. The smallest absolute Gasteiger partial charge is 0.258 e. The molecule has 0 atom stereocenters. The third kappa shape index (κ3) is 3.32. The van der Waals surface area contributed by atoms with Gasteiger partial charge >= 0.3 is 0 Å². The van der Waals surface area contributed by atoms with Gasteiger partial charge in [-0.05, 0) is 42.5 Å². The number of benzene rings is 2. The Morgan fingerprint density at radius 2 is 1.95 bits per heavy atom. The van der Waals surface area contributed by atoms with E-state index in [1.165, 1.54) is 0 Å². The number of hydrogen-bond donors (Lipinski definition) is 1. The molecule has 0 unspecified atom stereocenters. The summed E-state index contributed by atoms with van der Waals surface area (Å²) in [6.45, 7) is 0.184. The van der Waals surface area contributed by atoms with Crippen molar-refractivity contribution in [3.05, 3.63) is 59.4 Å². The first-order valence-corrected chi connectivity index (χ1v) is 6.59. The molecule has 0 amide bonds. The van der Waals surface area contributed by atoms with Gasteiger partial charge in [-0.2, -0.15) is 4.98 Å². The predicted octanol–water partition coefficient (Wildman–Crippen LogP) is 3.67. The number of halogens is 1. The first kappa shape index (κ1) is 13.5. The Labute approximate surface area is 125 Å². The van der Waals surface area contributed by atoms with Crippen LogP contribution in [0, 0.1) is 0 Å². The van der Waals surface area contributed by atoms with Crippen molar-refractivity contribution in [2.75, 3.05) is 0 Å². The monoisotopic (exact) mass is 302 g/mol. The largest absolute Gasteiger partial charge is 0.508 e. The van der Waals surface area contributed by atoms with Crippen LogP contribution >= 0.6 is 11.6 Å². The Balaban J connectivity index is 1.69. The first-order valence-electron chi connectivity index (χ1n) is 6.21. The maximum absolute atomic E-state index is 9.43. The van der Waals surface area contributed by atoms with E-state index >= 15 is 0 Å². The van der Waals surface area contributed by atoms with Crippen LogP contribution in [0.1, 0.15) is 5.82 Å². The van der Waals surface area contributed by atoms with Crippen LogP contribution in [-0.4, -0.2) is 15.2 Å². The van der Waals surface area contributed by atoms with Crippen LogP contribution in [0.2, 0.25) is 5.02 Å². The lowest BCUT2D eigenvalue weighted by atomic mass is 10.2. The minimum Gasteiger partial charge on any atom is -0.508 e. The molecular weight excluding hydrogens is 292 g/mol. The molecule has 0 bridgehead atoms. The first-order chi connectivity index (χ1) is 10.2. The molecule has 0 aliphatic carbocycles. The summed E-state index contributed by atoms with van der Waals surface area (Å²) in [5, 5.41) is 13.9. The molecule has 0 spiro atoms. The van der Waals surface area contributed by atoms with Gasteiger partial charge in [0.2, 0.25) is 5.82 Å². The van der Waals surface area contributed by atoms with Crippen LogP contribution in [0.15, 0.2) is 53.1 Å². The number of nitrogens with zero attached hydrogens (tertiary/aromatic N) is 2. The van der Waals surface area contributed by atoms with E-state index in [9.17, 15) is 5.11 Å². The van der Waals surface area contributed by atoms with Crippen molar-refractivity contribution < 1.29 is 14.4 Å². The minimum absolute atomic E-state index is 0.143. The molecule has 106 valence electrons. The standard InChI is InChI=1S/C15H11ClN2O3/c16-11-4-6-13(7-5-11)20-9-14-17-15(21-18-14)10-2-1-3-12(19)8-10/h1-8,19H,9H2. The Morgan fingerprint density at radius 1 is 1.14 bits per heavy atom. The Morgan fingerprint density at radius 3 is 2.71 bits per heavy atom. The Kier molecular flexibility index (Phi) is 3.75. The van der Waals surface area contributed by atoms with Crippen LogP contribution in [0.5, 0.6) is 11.5 Å². The molecule has 0 aliphatic rings. The molecular formula is C15H11ClN2O3. The van der Waals surface area contributed by atoms with Crippen molar-refractivity contribution in [2.45, 2.75) is 6.61 Å². The molecule has 1 N–H and O–H groups in total. The molecule has 3 rings (SSSR count). The molecule has 6 heteroatoms. The van der Waals surface area contributed by atoms with E-state index in [1.54, 1.807) is 48.5 Å². The van der Waals surface area contributed by atoms with Crippen LogP contribution in [-0.2, 0) is 6.61 Å². The van der Waals surface area contributed by atoms with Gasteiger partial charge < -0.3 is 14.4 Å². The molecule has 0 saturated carbocycles. The second-order valence-electron chi connectivity index (χ2n) is 4.31. The summed E-state index contributed by atoms with van der Waals surface area (Å²) < 4.78 is 10.7. The van der Waals surface area contributed by atoms with Gasteiger partial charge in [0.15, 0.2) is 6.61 Å². The van der Waals surface area contributed by atoms with E-state index in [0.29, 0.717) is 28.1 Å². The zero-order chi connectivity index (χ0) is 14.7. The van der Waals surface area contributed by atoms with Crippen LogP contribution in [0.25, 0.3) is 11.5 Å². The Hall–Kier alpha value is -2.53. The quantitative estimate of drug-likeness (QED) is 0.796. The highest BCUT2D eigenvalue weighted by Crippen LogP contribution is 2.22. The van der Waals surface area contributed by atoms with Crippen molar-refractivity contribution in [2.24, 2.45) is 0 Å². The normalized spacial score (nSPS) is 10.5. The number of phenolic OH excluding ortho intramolecular Hbond substituents is 1.